The summed E-state index contributed by atoms with van der Waals surface area (Å²) in [5.74, 6) is 0. The number of aliphatic hydroxyl groups is 1. The number of hydrogen-bond donors (Lipinski definition) is 3. The summed E-state index contributed by atoms with van der Waals surface area (Å²) >= 11 is 0. The van der Waals surface area contributed by atoms with Gasteiger partial charge in [-0.05, 0) is 36.7 Å². The van der Waals surface area contributed by atoms with Gasteiger partial charge in [0.25, 0.3) is 0 Å². The van der Waals surface area contributed by atoms with E-state index in [1.165, 1.54) is 11.1 Å². The molecule has 3 nitrogen and oxygen atoms in total. The van der Waals surface area contributed by atoms with Gasteiger partial charge in [0.2, 0.25) is 0 Å². The van der Waals surface area contributed by atoms with Crippen LogP contribution in [0.25, 0.3) is 0 Å². The van der Waals surface area contributed by atoms with Crippen molar-refractivity contribution in [3.8, 4) is 0 Å². The van der Waals surface area contributed by atoms with Gasteiger partial charge in [-0.15, -0.1) is 0 Å². The second-order valence-corrected chi connectivity index (χ2v) is 5.23. The summed E-state index contributed by atoms with van der Waals surface area (Å²) in [7, 11) is 1.95. The van der Waals surface area contributed by atoms with E-state index in [2.05, 4.69) is 34.9 Å². The van der Waals surface area contributed by atoms with Crippen LogP contribution in [0.4, 0.5) is 0 Å². The number of hydrogen-bond acceptors (Lipinski definition) is 3. The highest BCUT2D eigenvalue weighted by Crippen LogP contribution is 2.10. The summed E-state index contributed by atoms with van der Waals surface area (Å²) in [5, 5.41) is 16.5. The second-order valence-electron chi connectivity index (χ2n) is 5.23. The lowest BCUT2D eigenvalue weighted by Gasteiger charge is -2.12. The number of rotatable bonds is 8. The smallest absolute Gasteiger partial charge is 0.0914 e. The molecular formula is C20H30N2O. The molecule has 0 heterocycles. The van der Waals surface area contributed by atoms with Gasteiger partial charge >= 0.3 is 0 Å². The Morgan fingerprint density at radius 1 is 0.913 bits per heavy atom. The molecule has 0 spiro atoms. The summed E-state index contributed by atoms with van der Waals surface area (Å²) < 4.78 is 0. The van der Waals surface area contributed by atoms with Gasteiger partial charge in [0, 0.05) is 13.1 Å². The van der Waals surface area contributed by atoms with E-state index in [9.17, 15) is 5.11 Å². The maximum atomic E-state index is 10.0. The van der Waals surface area contributed by atoms with Crippen molar-refractivity contribution in [3.63, 3.8) is 0 Å². The Hall–Kier alpha value is -1.68. The Labute approximate surface area is 140 Å². The molecule has 2 aromatic carbocycles. The van der Waals surface area contributed by atoms with Gasteiger partial charge in [-0.2, -0.15) is 0 Å². The summed E-state index contributed by atoms with van der Waals surface area (Å²) in [6.07, 6.45) is 0.533. The van der Waals surface area contributed by atoms with Gasteiger partial charge in [-0.1, -0.05) is 68.4 Å². The molecule has 0 amide bonds. The molecule has 0 bridgehead atoms. The molecule has 126 valence electrons. The summed E-state index contributed by atoms with van der Waals surface area (Å²) in [6.45, 7) is 6.36. The topological polar surface area (TPSA) is 44.3 Å². The number of aliphatic hydroxyl groups excluding tert-OH is 1. The van der Waals surface area contributed by atoms with Crippen LogP contribution in [0, 0.1) is 0 Å². The minimum atomic E-state index is -0.441. The Balaban J connectivity index is 0.00000127. The third kappa shape index (κ3) is 7.42. The standard InChI is InChI=1S/C18H24N2O.C2H6/c1-19-13-16-9-7-15(8-10-16)11-12-20-14-18(21)17-5-3-2-4-6-17;1-2/h2-10,18-21H,11-14H2,1H3;1-2H3. The highest BCUT2D eigenvalue weighted by Gasteiger charge is 2.05. The lowest BCUT2D eigenvalue weighted by atomic mass is 10.1. The Morgan fingerprint density at radius 3 is 2.13 bits per heavy atom. The average molecular weight is 314 g/mol. The molecule has 0 aliphatic heterocycles. The molecule has 3 N–H and O–H groups in total. The molecule has 2 rings (SSSR count). The van der Waals surface area contributed by atoms with E-state index >= 15 is 0 Å². The molecule has 0 aliphatic carbocycles. The average Bonchev–Trinajstić information content (AvgIpc) is 2.62. The summed E-state index contributed by atoms with van der Waals surface area (Å²) in [5.41, 5.74) is 3.58. The van der Waals surface area contributed by atoms with Crippen molar-refractivity contribution in [2.24, 2.45) is 0 Å². The zero-order valence-corrected chi connectivity index (χ0v) is 14.5. The van der Waals surface area contributed by atoms with Crippen LogP contribution in [0.1, 0.15) is 36.6 Å². The van der Waals surface area contributed by atoms with E-state index in [4.69, 9.17) is 0 Å². The van der Waals surface area contributed by atoms with E-state index in [0.717, 1.165) is 25.1 Å². The summed E-state index contributed by atoms with van der Waals surface area (Å²) in [6, 6.07) is 18.4. The predicted molar refractivity (Wildman–Crippen MR) is 98.5 cm³/mol. The molecule has 1 atom stereocenters. The second kappa shape index (κ2) is 11.8. The van der Waals surface area contributed by atoms with Crippen LogP contribution in [0.2, 0.25) is 0 Å². The van der Waals surface area contributed by atoms with Crippen LogP contribution in [-0.2, 0) is 13.0 Å². The van der Waals surface area contributed by atoms with Crippen molar-refractivity contribution in [3.05, 3.63) is 71.3 Å². The van der Waals surface area contributed by atoms with Crippen molar-refractivity contribution < 1.29 is 5.11 Å². The van der Waals surface area contributed by atoms with Crippen molar-refractivity contribution in [2.45, 2.75) is 32.9 Å². The number of nitrogens with one attached hydrogen (secondary N) is 2. The summed E-state index contributed by atoms with van der Waals surface area (Å²) in [4.78, 5) is 0. The van der Waals surface area contributed by atoms with E-state index in [1.807, 2.05) is 51.2 Å². The molecule has 0 aliphatic rings. The van der Waals surface area contributed by atoms with Gasteiger partial charge in [0.05, 0.1) is 6.10 Å². The van der Waals surface area contributed by atoms with Gasteiger partial charge in [-0.3, -0.25) is 0 Å². The molecule has 23 heavy (non-hydrogen) atoms. The van der Waals surface area contributed by atoms with E-state index in [0.29, 0.717) is 6.54 Å². The van der Waals surface area contributed by atoms with Crippen molar-refractivity contribution in [2.75, 3.05) is 20.1 Å². The maximum absolute atomic E-state index is 10.0. The van der Waals surface area contributed by atoms with Crippen LogP contribution in [0.3, 0.4) is 0 Å². The van der Waals surface area contributed by atoms with E-state index < -0.39 is 6.10 Å². The SMILES string of the molecule is CC.CNCc1ccc(CCNCC(O)c2ccccc2)cc1. The van der Waals surface area contributed by atoms with Crippen LogP contribution in [0.5, 0.6) is 0 Å². The lowest BCUT2D eigenvalue weighted by Crippen LogP contribution is -2.23. The number of benzene rings is 2. The van der Waals surface area contributed by atoms with Crippen LogP contribution >= 0.6 is 0 Å². The quantitative estimate of drug-likeness (QED) is 0.655. The van der Waals surface area contributed by atoms with Crippen LogP contribution in [0.15, 0.2) is 54.6 Å². The maximum Gasteiger partial charge on any atom is 0.0914 e. The zero-order chi connectivity index (χ0) is 16.9. The van der Waals surface area contributed by atoms with E-state index in [-0.39, 0.29) is 0 Å². The molecule has 0 saturated carbocycles. The fourth-order valence-electron chi connectivity index (χ4n) is 2.29. The third-order valence-electron chi connectivity index (χ3n) is 3.52. The zero-order valence-electron chi connectivity index (χ0n) is 14.5. The monoisotopic (exact) mass is 314 g/mol. The molecule has 0 aromatic heterocycles. The molecule has 0 radical (unpaired) electrons. The van der Waals surface area contributed by atoms with Crippen LogP contribution in [-0.4, -0.2) is 25.2 Å². The predicted octanol–water partition coefficient (Wildman–Crippen LogP) is 3.30. The molecule has 1 unspecified atom stereocenters. The van der Waals surface area contributed by atoms with Gasteiger partial charge in [0.15, 0.2) is 0 Å². The first-order valence-electron chi connectivity index (χ1n) is 8.45. The lowest BCUT2D eigenvalue weighted by molar-refractivity contribution is 0.175. The highest BCUT2D eigenvalue weighted by atomic mass is 16.3. The van der Waals surface area contributed by atoms with Gasteiger partial charge in [0.1, 0.15) is 0 Å². The Bertz CT molecular complexity index is 511. The minimum absolute atomic E-state index is 0.441. The fraction of sp³-hybridized carbons (Fsp3) is 0.400. The fourth-order valence-corrected chi connectivity index (χ4v) is 2.29. The molecule has 3 heteroatoms. The third-order valence-corrected chi connectivity index (χ3v) is 3.52. The first kappa shape index (κ1) is 19.4. The largest absolute Gasteiger partial charge is 0.387 e. The highest BCUT2D eigenvalue weighted by molar-refractivity contribution is 5.22. The first-order valence-corrected chi connectivity index (χ1v) is 8.45. The molecule has 0 saturated heterocycles. The normalized spacial score (nSPS) is 11.5. The minimum Gasteiger partial charge on any atom is -0.387 e. The van der Waals surface area contributed by atoms with Gasteiger partial charge < -0.3 is 15.7 Å². The van der Waals surface area contributed by atoms with Crippen molar-refractivity contribution >= 4 is 0 Å². The van der Waals surface area contributed by atoms with Crippen molar-refractivity contribution in [1.29, 1.82) is 0 Å². The molecular weight excluding hydrogens is 284 g/mol. The van der Waals surface area contributed by atoms with E-state index in [1.54, 1.807) is 0 Å². The molecule has 2 aromatic rings. The Morgan fingerprint density at radius 2 is 1.52 bits per heavy atom. The van der Waals surface area contributed by atoms with Crippen LogP contribution < -0.4 is 10.6 Å². The first-order chi connectivity index (χ1) is 11.3. The molecule has 0 fully saturated rings. The Kier molecular flexibility index (Phi) is 9.96. The van der Waals surface area contributed by atoms with Crippen molar-refractivity contribution in [1.82, 2.24) is 10.6 Å². The van der Waals surface area contributed by atoms with Gasteiger partial charge in [-0.25, -0.2) is 0 Å².